The van der Waals surface area contributed by atoms with Gasteiger partial charge in [0.15, 0.2) is 0 Å². The second-order valence-corrected chi connectivity index (χ2v) is 5.56. The van der Waals surface area contributed by atoms with Crippen molar-refractivity contribution in [3.63, 3.8) is 0 Å². The lowest BCUT2D eigenvalue weighted by atomic mass is 9.90. The van der Waals surface area contributed by atoms with Gasteiger partial charge in [0.1, 0.15) is 0 Å². The van der Waals surface area contributed by atoms with E-state index in [4.69, 9.17) is 0 Å². The molecule has 0 unspecified atom stereocenters. The summed E-state index contributed by atoms with van der Waals surface area (Å²) >= 11 is 0. The summed E-state index contributed by atoms with van der Waals surface area (Å²) in [6, 6.07) is -0.0663. The van der Waals surface area contributed by atoms with Crippen LogP contribution in [0.5, 0.6) is 0 Å². The van der Waals surface area contributed by atoms with Gasteiger partial charge in [-0.2, -0.15) is 0 Å². The van der Waals surface area contributed by atoms with Gasteiger partial charge in [-0.1, -0.05) is 27.7 Å². The van der Waals surface area contributed by atoms with Crippen molar-refractivity contribution in [1.82, 2.24) is 10.6 Å². The molecule has 2 amide bonds. The molecule has 3 nitrogen and oxygen atoms in total. The molecule has 2 N–H and O–H groups in total. The predicted molar refractivity (Wildman–Crippen MR) is 65.0 cm³/mol. The zero-order valence-electron chi connectivity index (χ0n) is 11.0. The number of amides is 2. The van der Waals surface area contributed by atoms with Crippen molar-refractivity contribution in [2.24, 2.45) is 5.41 Å². The molecule has 15 heavy (non-hydrogen) atoms. The van der Waals surface area contributed by atoms with Crippen LogP contribution in [0.3, 0.4) is 0 Å². The van der Waals surface area contributed by atoms with Crippen molar-refractivity contribution < 1.29 is 4.79 Å². The Kier molecular flexibility index (Phi) is 5.12. The molecule has 0 fully saturated rings. The Bertz CT molecular complexity index is 210. The van der Waals surface area contributed by atoms with E-state index < -0.39 is 0 Å². The Balaban J connectivity index is 3.96. The lowest BCUT2D eigenvalue weighted by molar-refractivity contribution is 0.221. The van der Waals surface area contributed by atoms with Crippen molar-refractivity contribution in [2.75, 3.05) is 6.54 Å². The zero-order valence-corrected chi connectivity index (χ0v) is 11.0. The monoisotopic (exact) mass is 214 g/mol. The van der Waals surface area contributed by atoms with E-state index in [1.165, 1.54) is 0 Å². The third-order valence-electron chi connectivity index (χ3n) is 3.02. The highest BCUT2D eigenvalue weighted by atomic mass is 16.2. The summed E-state index contributed by atoms with van der Waals surface area (Å²) in [6.07, 6.45) is 1.99. The maximum absolute atomic E-state index is 11.6. The van der Waals surface area contributed by atoms with Gasteiger partial charge < -0.3 is 10.6 Å². The minimum Gasteiger partial charge on any atom is -0.338 e. The van der Waals surface area contributed by atoms with E-state index in [-0.39, 0.29) is 17.0 Å². The lowest BCUT2D eigenvalue weighted by Crippen LogP contribution is -2.49. The molecule has 0 aromatic heterocycles. The summed E-state index contributed by atoms with van der Waals surface area (Å²) in [7, 11) is 0. The molecular weight excluding hydrogens is 188 g/mol. The molecule has 3 heteroatoms. The second kappa shape index (κ2) is 5.38. The number of carbonyl (C=O) groups excluding carboxylic acids is 1. The predicted octanol–water partition coefficient (Wildman–Crippen LogP) is 2.91. The quantitative estimate of drug-likeness (QED) is 0.726. The fraction of sp³-hybridized carbons (Fsp3) is 0.917. The van der Waals surface area contributed by atoms with Gasteiger partial charge in [-0.3, -0.25) is 0 Å². The number of rotatable bonds is 5. The minimum absolute atomic E-state index is 0.0663. The van der Waals surface area contributed by atoms with Crippen LogP contribution in [0.15, 0.2) is 0 Å². The molecule has 0 atom stereocenters. The van der Waals surface area contributed by atoms with Crippen LogP contribution in [0.4, 0.5) is 4.79 Å². The second-order valence-electron chi connectivity index (χ2n) is 5.56. The number of nitrogens with one attached hydrogen (secondary N) is 2. The lowest BCUT2D eigenvalue weighted by Gasteiger charge is -2.27. The minimum atomic E-state index is -0.125. The topological polar surface area (TPSA) is 41.1 Å². The number of hydrogen-bond donors (Lipinski definition) is 2. The SMILES string of the molecule is CCC(C)(C)CNC(=O)NC(C)(C)CC. The molecule has 0 saturated heterocycles. The zero-order chi connectivity index (χ0) is 12.1. The van der Waals surface area contributed by atoms with E-state index in [1.807, 2.05) is 13.8 Å². The van der Waals surface area contributed by atoms with Gasteiger partial charge in [-0.15, -0.1) is 0 Å². The van der Waals surface area contributed by atoms with Gasteiger partial charge >= 0.3 is 6.03 Å². The van der Waals surface area contributed by atoms with E-state index in [9.17, 15) is 4.79 Å². The fourth-order valence-electron chi connectivity index (χ4n) is 0.884. The largest absolute Gasteiger partial charge is 0.338 e. The molecule has 0 aromatic rings. The first-order valence-corrected chi connectivity index (χ1v) is 5.78. The summed E-state index contributed by atoms with van der Waals surface area (Å²) in [4.78, 5) is 11.6. The van der Waals surface area contributed by atoms with Crippen molar-refractivity contribution in [2.45, 2.75) is 59.9 Å². The summed E-state index contributed by atoms with van der Waals surface area (Å²) in [5.41, 5.74) is 0.0497. The molecule has 90 valence electrons. The normalized spacial score (nSPS) is 12.4. The molecule has 0 aromatic carbocycles. The number of urea groups is 1. The van der Waals surface area contributed by atoms with Crippen LogP contribution in [-0.2, 0) is 0 Å². The first kappa shape index (κ1) is 14.3. The van der Waals surface area contributed by atoms with Crippen LogP contribution in [0.1, 0.15) is 54.4 Å². The standard InChI is InChI=1S/C12H26N2O/c1-7-11(3,4)9-13-10(15)14-12(5,6)8-2/h7-9H2,1-6H3,(H2,13,14,15). The molecule has 0 aliphatic rings. The van der Waals surface area contributed by atoms with Gasteiger partial charge in [0.2, 0.25) is 0 Å². The molecule has 0 saturated carbocycles. The molecule has 0 bridgehead atoms. The first-order chi connectivity index (χ1) is 6.72. The molecule has 0 aliphatic heterocycles. The van der Waals surface area contributed by atoms with Gasteiger partial charge in [0.05, 0.1) is 0 Å². The maximum atomic E-state index is 11.6. The molecule has 0 radical (unpaired) electrons. The van der Waals surface area contributed by atoms with Gasteiger partial charge in [0.25, 0.3) is 0 Å². The highest BCUT2D eigenvalue weighted by Gasteiger charge is 2.20. The highest BCUT2D eigenvalue weighted by molar-refractivity contribution is 5.74. The summed E-state index contributed by atoms with van der Waals surface area (Å²) in [5, 5.41) is 5.87. The molecule has 0 aliphatic carbocycles. The van der Waals surface area contributed by atoms with Gasteiger partial charge in [-0.05, 0) is 32.1 Å². The Morgan fingerprint density at radius 3 is 2.00 bits per heavy atom. The van der Waals surface area contributed by atoms with E-state index >= 15 is 0 Å². The van der Waals surface area contributed by atoms with E-state index in [1.54, 1.807) is 0 Å². The average molecular weight is 214 g/mol. The van der Waals surface area contributed by atoms with Crippen LogP contribution in [-0.4, -0.2) is 18.1 Å². The molecule has 0 heterocycles. The first-order valence-electron chi connectivity index (χ1n) is 5.78. The molecule has 0 spiro atoms. The van der Waals surface area contributed by atoms with Crippen LogP contribution in [0, 0.1) is 5.41 Å². The third kappa shape index (κ3) is 6.37. The smallest absolute Gasteiger partial charge is 0.315 e. The van der Waals surface area contributed by atoms with Crippen LogP contribution < -0.4 is 10.6 Å². The summed E-state index contributed by atoms with van der Waals surface area (Å²) < 4.78 is 0. The van der Waals surface area contributed by atoms with Gasteiger partial charge in [-0.25, -0.2) is 4.79 Å². The highest BCUT2D eigenvalue weighted by Crippen LogP contribution is 2.17. The van der Waals surface area contributed by atoms with Gasteiger partial charge in [0, 0.05) is 12.1 Å². The summed E-state index contributed by atoms with van der Waals surface area (Å²) in [5.74, 6) is 0. The molecule has 0 rings (SSSR count). The van der Waals surface area contributed by atoms with Crippen LogP contribution in [0.25, 0.3) is 0 Å². The average Bonchev–Trinajstić information content (AvgIpc) is 2.15. The van der Waals surface area contributed by atoms with Crippen molar-refractivity contribution in [1.29, 1.82) is 0 Å². The Labute approximate surface area is 94.0 Å². The van der Waals surface area contributed by atoms with Crippen molar-refractivity contribution in [3.05, 3.63) is 0 Å². The van der Waals surface area contributed by atoms with E-state index in [0.717, 1.165) is 19.4 Å². The van der Waals surface area contributed by atoms with Crippen molar-refractivity contribution >= 4 is 6.03 Å². The fourth-order valence-corrected chi connectivity index (χ4v) is 0.884. The Hall–Kier alpha value is -0.730. The van der Waals surface area contributed by atoms with Crippen LogP contribution >= 0.6 is 0 Å². The number of carbonyl (C=O) groups is 1. The maximum Gasteiger partial charge on any atom is 0.315 e. The number of hydrogen-bond acceptors (Lipinski definition) is 1. The Morgan fingerprint density at radius 1 is 1.07 bits per heavy atom. The molecular formula is C12H26N2O. The summed E-state index contributed by atoms with van der Waals surface area (Å²) in [6.45, 7) is 13.3. The Morgan fingerprint density at radius 2 is 1.60 bits per heavy atom. The van der Waals surface area contributed by atoms with Crippen molar-refractivity contribution in [3.8, 4) is 0 Å². The van der Waals surface area contributed by atoms with E-state index in [0.29, 0.717) is 0 Å². The van der Waals surface area contributed by atoms with Crippen LogP contribution in [0.2, 0.25) is 0 Å². The third-order valence-corrected chi connectivity index (χ3v) is 3.02. The van der Waals surface area contributed by atoms with E-state index in [2.05, 4.69) is 38.3 Å².